The molecule has 0 radical (unpaired) electrons. The molecule has 8 nitrogen and oxygen atoms in total. The summed E-state index contributed by atoms with van der Waals surface area (Å²) in [7, 11) is -4.50. The second kappa shape index (κ2) is 12.3. The van der Waals surface area contributed by atoms with Crippen molar-refractivity contribution < 1.29 is 36.3 Å². The summed E-state index contributed by atoms with van der Waals surface area (Å²) in [6.45, 7) is 8.11. The van der Waals surface area contributed by atoms with Crippen LogP contribution in [0.1, 0.15) is 99.8 Å². The molecule has 1 saturated carbocycles. The van der Waals surface area contributed by atoms with Crippen LogP contribution in [0.15, 0.2) is 41.4 Å². The lowest BCUT2D eigenvalue weighted by molar-refractivity contribution is -0.150. The van der Waals surface area contributed by atoms with Crippen LogP contribution in [-0.4, -0.2) is 41.5 Å². The van der Waals surface area contributed by atoms with Crippen molar-refractivity contribution in [3.63, 3.8) is 0 Å². The number of rotatable bonds is 8. The maximum atomic E-state index is 14.3. The first-order valence-corrected chi connectivity index (χ1v) is 16.5. The van der Waals surface area contributed by atoms with Gasteiger partial charge in [0.1, 0.15) is 0 Å². The summed E-state index contributed by atoms with van der Waals surface area (Å²) in [6.07, 6.45) is 5.92. The van der Waals surface area contributed by atoms with Gasteiger partial charge in [-0.15, -0.1) is 0 Å². The van der Waals surface area contributed by atoms with Gasteiger partial charge < -0.3 is 15.0 Å². The number of nitrogens with zero attached hydrogens (tertiary/aromatic N) is 1. The van der Waals surface area contributed by atoms with Crippen molar-refractivity contribution in [2.75, 3.05) is 0 Å². The zero-order valence-electron chi connectivity index (χ0n) is 25.8. The van der Waals surface area contributed by atoms with E-state index in [4.69, 9.17) is 0 Å². The number of amides is 1. The molecular weight excluding hydrogens is 595 g/mol. The molecular formula is C32H42F3N3O5S. The second-order valence-electron chi connectivity index (χ2n) is 13.5. The zero-order valence-corrected chi connectivity index (χ0v) is 26.7. The number of alkyl halides is 3. The van der Waals surface area contributed by atoms with Crippen molar-refractivity contribution in [3.8, 4) is 5.69 Å². The van der Waals surface area contributed by atoms with Crippen molar-refractivity contribution in [3.05, 3.63) is 58.9 Å². The van der Waals surface area contributed by atoms with Gasteiger partial charge in [0.25, 0.3) is 5.91 Å². The third kappa shape index (κ3) is 7.56. The normalized spacial score (nSPS) is 23.0. The molecule has 1 unspecified atom stereocenters. The number of nitrogens with one attached hydrogen (secondary N) is 2. The van der Waals surface area contributed by atoms with Gasteiger partial charge in [-0.3, -0.25) is 9.59 Å². The summed E-state index contributed by atoms with van der Waals surface area (Å²) in [4.78, 5) is 24.3. The lowest BCUT2D eigenvalue weighted by Crippen LogP contribution is -2.42. The van der Waals surface area contributed by atoms with Crippen molar-refractivity contribution in [1.82, 2.24) is 14.6 Å². The molecule has 1 aromatic carbocycles. The topological polar surface area (TPSA) is 118 Å². The molecule has 1 aromatic heterocycles. The number of aromatic nitrogens is 1. The summed E-state index contributed by atoms with van der Waals surface area (Å²) in [5, 5.41) is 12.5. The third-order valence-corrected chi connectivity index (χ3v) is 10.5. The van der Waals surface area contributed by atoms with E-state index in [9.17, 15) is 36.3 Å². The number of allylic oxidation sites excluding steroid dienone is 2. The van der Waals surface area contributed by atoms with Crippen molar-refractivity contribution in [2.45, 2.75) is 109 Å². The highest BCUT2D eigenvalue weighted by molar-refractivity contribution is 7.89. The van der Waals surface area contributed by atoms with Crippen LogP contribution in [0.2, 0.25) is 0 Å². The molecule has 2 aliphatic carbocycles. The van der Waals surface area contributed by atoms with Crippen LogP contribution in [0, 0.1) is 18.3 Å². The number of carboxylic acid groups (broad SMARTS) is 1. The number of carbonyl (C=O) groups excluding carboxylic acids is 1. The van der Waals surface area contributed by atoms with Gasteiger partial charge >= 0.3 is 12.1 Å². The molecule has 44 heavy (non-hydrogen) atoms. The van der Waals surface area contributed by atoms with Crippen LogP contribution in [-0.2, 0) is 27.4 Å². The van der Waals surface area contributed by atoms with Crippen LogP contribution >= 0.6 is 0 Å². The van der Waals surface area contributed by atoms with E-state index in [1.807, 2.05) is 0 Å². The molecule has 1 heterocycles. The van der Waals surface area contributed by atoms with Gasteiger partial charge in [0, 0.05) is 29.2 Å². The molecule has 1 fully saturated rings. The standard InChI is InChI=1S/C32H42F3N3O5S/c1-20-24(28(39)36-22-13-15-31(5,16-14-22)29(40)41)19-38(26(20)17-21-9-7-6-8-10-21)23-11-12-27(25(18-23)32(33,34)35)44(42,43)37-30(2,3)4/h7,9,11-12,18-19,21-22,37H,6,8,10,13-17H2,1-5H3,(H,36,39)(H,40,41). The number of aliphatic carboxylic acids is 1. The molecule has 3 N–H and O–H groups in total. The summed E-state index contributed by atoms with van der Waals surface area (Å²) in [5.74, 6) is -1.10. The third-order valence-electron chi connectivity index (χ3n) is 8.66. The Morgan fingerprint density at radius 3 is 2.32 bits per heavy atom. The molecule has 2 aliphatic rings. The largest absolute Gasteiger partial charge is 0.481 e. The number of halogens is 3. The Balaban J connectivity index is 1.74. The van der Waals surface area contributed by atoms with Gasteiger partial charge in [0.05, 0.1) is 21.4 Å². The van der Waals surface area contributed by atoms with Crippen molar-refractivity contribution in [2.24, 2.45) is 11.3 Å². The van der Waals surface area contributed by atoms with E-state index in [1.165, 1.54) is 12.3 Å². The fourth-order valence-electron chi connectivity index (χ4n) is 6.11. The number of hydrogen-bond donors (Lipinski definition) is 3. The predicted molar refractivity (Wildman–Crippen MR) is 161 cm³/mol. The van der Waals surface area contributed by atoms with E-state index in [0.29, 0.717) is 48.9 Å². The maximum absolute atomic E-state index is 14.3. The summed E-state index contributed by atoms with van der Waals surface area (Å²) < 4.78 is 72.9. The fraction of sp³-hybridized carbons (Fsp3) is 0.562. The van der Waals surface area contributed by atoms with E-state index in [-0.39, 0.29) is 23.6 Å². The first-order valence-electron chi connectivity index (χ1n) is 15.0. The van der Waals surface area contributed by atoms with Crippen LogP contribution in [0.3, 0.4) is 0 Å². The van der Waals surface area contributed by atoms with Gasteiger partial charge in [0.15, 0.2) is 0 Å². The first-order chi connectivity index (χ1) is 20.3. The lowest BCUT2D eigenvalue weighted by Gasteiger charge is -2.34. The molecule has 4 rings (SSSR count). The van der Waals surface area contributed by atoms with Crippen LogP contribution in [0.25, 0.3) is 5.69 Å². The maximum Gasteiger partial charge on any atom is 0.417 e. The Morgan fingerprint density at radius 1 is 1.11 bits per heavy atom. The number of hydrogen-bond acceptors (Lipinski definition) is 4. The minimum Gasteiger partial charge on any atom is -0.481 e. The van der Waals surface area contributed by atoms with E-state index >= 15 is 0 Å². The Kier molecular flexibility index (Phi) is 9.47. The minimum atomic E-state index is -4.96. The quantitative estimate of drug-likeness (QED) is 0.284. The zero-order chi connectivity index (χ0) is 32.7. The van der Waals surface area contributed by atoms with E-state index < -0.39 is 43.6 Å². The van der Waals surface area contributed by atoms with Crippen LogP contribution in [0.4, 0.5) is 13.2 Å². The molecule has 0 spiro atoms. The molecule has 12 heteroatoms. The van der Waals surface area contributed by atoms with Crippen molar-refractivity contribution >= 4 is 21.9 Å². The molecule has 242 valence electrons. The average Bonchev–Trinajstić information content (AvgIpc) is 3.24. The molecule has 0 saturated heterocycles. The van der Waals surface area contributed by atoms with E-state index in [2.05, 4.69) is 22.2 Å². The predicted octanol–water partition coefficient (Wildman–Crippen LogP) is 6.54. The summed E-state index contributed by atoms with van der Waals surface area (Å²) in [5.41, 5.74) is -1.41. The highest BCUT2D eigenvalue weighted by atomic mass is 32.2. The molecule has 1 atom stereocenters. The molecule has 0 bridgehead atoms. The Hall–Kier alpha value is -3.12. The smallest absolute Gasteiger partial charge is 0.417 e. The lowest BCUT2D eigenvalue weighted by atomic mass is 9.74. The number of carboxylic acids is 1. The van der Waals surface area contributed by atoms with Crippen molar-refractivity contribution in [1.29, 1.82) is 0 Å². The minimum absolute atomic E-state index is 0.0962. The summed E-state index contributed by atoms with van der Waals surface area (Å²) in [6, 6.07) is 2.90. The van der Waals surface area contributed by atoms with Gasteiger partial charge in [-0.05, 0) is 116 Å². The highest BCUT2D eigenvalue weighted by Crippen LogP contribution is 2.38. The highest BCUT2D eigenvalue weighted by Gasteiger charge is 2.40. The number of sulfonamides is 1. The SMILES string of the molecule is Cc1c(C(=O)NC2CCC(C)(C(=O)O)CC2)cn(-c2ccc(S(=O)(=O)NC(C)(C)C)c(C(F)(F)F)c2)c1CC1C=CCCC1. The van der Waals surface area contributed by atoms with Crippen LogP contribution < -0.4 is 10.0 Å². The van der Waals surface area contributed by atoms with Crippen LogP contribution in [0.5, 0.6) is 0 Å². The Labute approximate surface area is 257 Å². The Bertz CT molecular complexity index is 1550. The monoisotopic (exact) mass is 637 g/mol. The number of carbonyl (C=O) groups is 2. The molecule has 0 aliphatic heterocycles. The average molecular weight is 638 g/mol. The van der Waals surface area contributed by atoms with Gasteiger partial charge in [-0.2, -0.15) is 13.2 Å². The van der Waals surface area contributed by atoms with Gasteiger partial charge in [-0.25, -0.2) is 13.1 Å². The fourth-order valence-corrected chi connectivity index (χ4v) is 7.74. The van der Waals surface area contributed by atoms with E-state index in [0.717, 1.165) is 31.4 Å². The molecule has 2 aromatic rings. The first kappa shape index (κ1) is 33.8. The second-order valence-corrected chi connectivity index (χ2v) is 15.1. The van der Waals surface area contributed by atoms with Gasteiger partial charge in [-0.1, -0.05) is 12.2 Å². The molecule has 1 amide bonds. The van der Waals surface area contributed by atoms with E-state index in [1.54, 1.807) is 39.2 Å². The van der Waals surface area contributed by atoms with Gasteiger partial charge in [0.2, 0.25) is 10.0 Å². The number of benzene rings is 1. The summed E-state index contributed by atoms with van der Waals surface area (Å²) >= 11 is 0. The Morgan fingerprint density at radius 2 is 1.77 bits per heavy atom.